The number of hydrogen-bond donors (Lipinski definition) is 1. The van der Waals surface area contributed by atoms with E-state index in [-0.39, 0.29) is 31.6 Å². The molecule has 0 atom stereocenters. The molecule has 0 unspecified atom stereocenters. The number of carbonyl (C=O) groups is 1. The van der Waals surface area contributed by atoms with E-state index in [1.54, 1.807) is 0 Å². The van der Waals surface area contributed by atoms with Crippen molar-refractivity contribution in [1.82, 2.24) is 4.98 Å². The topological polar surface area (TPSA) is 50.2 Å². The molecule has 3 aromatic rings. The predicted molar refractivity (Wildman–Crippen MR) is 106 cm³/mol. The predicted octanol–water partition coefficient (Wildman–Crippen LogP) is 5.56. The van der Waals surface area contributed by atoms with Crippen LogP contribution < -0.4 is 0 Å². The molecule has 0 aliphatic carbocycles. The van der Waals surface area contributed by atoms with E-state index in [1.807, 2.05) is 24.4 Å². The Morgan fingerprint density at radius 1 is 1.04 bits per heavy atom. The summed E-state index contributed by atoms with van der Waals surface area (Å²) >= 11 is 0. The number of carbonyl (C=O) groups excluding carboxylic acids is 1. The fourth-order valence-corrected chi connectivity index (χ4v) is 2.48. The van der Waals surface area contributed by atoms with Gasteiger partial charge in [0.05, 0.1) is 5.76 Å². The van der Waals surface area contributed by atoms with Gasteiger partial charge in [-0.2, -0.15) is 0 Å². The van der Waals surface area contributed by atoms with Gasteiger partial charge >= 0.3 is 0 Å². The molecule has 0 saturated heterocycles. The van der Waals surface area contributed by atoms with Crippen LogP contribution in [-0.2, 0) is 24.9 Å². The zero-order valence-corrected chi connectivity index (χ0v) is 18.0. The van der Waals surface area contributed by atoms with Gasteiger partial charge in [-0.3, -0.25) is 4.79 Å². The van der Waals surface area contributed by atoms with Gasteiger partial charge in [0.1, 0.15) is 0 Å². The van der Waals surface area contributed by atoms with Crippen molar-refractivity contribution < 1.29 is 30.0 Å². The van der Waals surface area contributed by atoms with Gasteiger partial charge in [0, 0.05) is 32.4 Å². The Morgan fingerprint density at radius 2 is 1.74 bits per heavy atom. The maximum absolute atomic E-state index is 10.0. The first kappa shape index (κ1) is 22.5. The Kier molecular flexibility index (Phi) is 9.35. The summed E-state index contributed by atoms with van der Waals surface area (Å²) in [5, 5.41) is 8.36. The van der Waals surface area contributed by atoms with Gasteiger partial charge < -0.3 is 10.1 Å². The Hall–Kier alpha value is -2.55. The molecular weight excluding hydrogens is 514 g/mol. The summed E-state index contributed by atoms with van der Waals surface area (Å²) in [4.78, 5) is 14.5. The molecule has 0 saturated carbocycles. The first-order chi connectivity index (χ1) is 12.5. The summed E-state index contributed by atoms with van der Waals surface area (Å²) in [6, 6.07) is 23.9. The van der Waals surface area contributed by atoms with Crippen LogP contribution in [-0.4, -0.2) is 15.9 Å². The standard InChI is InChI=1S/C18H14N.C5H8O2.Ir/c1-14-7-6-12-19-18(14)17-11-5-10-16(13-17)15-8-3-2-4-9-15;1-4(6)3-5(2)7;/h2-10,12-13H,1H3;3,6H,1-2H3;/q-1;;/b;4-3-;. The largest absolute Gasteiger partial charge is 0.512 e. The van der Waals surface area contributed by atoms with E-state index >= 15 is 0 Å². The van der Waals surface area contributed by atoms with Crippen molar-refractivity contribution in [3.8, 4) is 22.4 Å². The fraction of sp³-hybridized carbons (Fsp3) is 0.130. The Morgan fingerprint density at radius 3 is 2.30 bits per heavy atom. The SMILES string of the molecule is CC(=O)/C=C(/C)O.Cc1cccnc1-c1[c-]ccc(-c2ccccc2)c1.[Ir]. The van der Waals surface area contributed by atoms with Crippen LogP contribution in [0, 0.1) is 13.0 Å². The van der Waals surface area contributed by atoms with E-state index in [0.29, 0.717) is 0 Å². The Balaban J connectivity index is 0.000000395. The van der Waals surface area contributed by atoms with Crippen molar-refractivity contribution in [3.63, 3.8) is 0 Å². The second-order valence-corrected chi connectivity index (χ2v) is 5.92. The Bertz CT molecular complexity index is 901. The molecule has 0 spiro atoms. The minimum absolute atomic E-state index is 0. The summed E-state index contributed by atoms with van der Waals surface area (Å²) in [7, 11) is 0. The van der Waals surface area contributed by atoms with Crippen LogP contribution in [0.2, 0.25) is 0 Å². The van der Waals surface area contributed by atoms with Crippen LogP contribution in [0.4, 0.5) is 0 Å². The molecular formula is C23H22IrNO2-. The number of aromatic nitrogens is 1. The third-order valence-electron chi connectivity index (χ3n) is 3.59. The number of pyridine rings is 1. The molecule has 1 radical (unpaired) electrons. The van der Waals surface area contributed by atoms with Crippen LogP contribution in [0.25, 0.3) is 22.4 Å². The van der Waals surface area contributed by atoms with Gasteiger partial charge in [-0.15, -0.1) is 35.4 Å². The van der Waals surface area contributed by atoms with Gasteiger partial charge in [0.15, 0.2) is 5.78 Å². The van der Waals surface area contributed by atoms with Crippen molar-refractivity contribution in [2.24, 2.45) is 0 Å². The quantitative estimate of drug-likeness (QED) is 0.271. The number of aliphatic hydroxyl groups is 1. The molecule has 1 heterocycles. The summed E-state index contributed by atoms with van der Waals surface area (Å²) in [6.45, 7) is 4.92. The molecule has 4 heteroatoms. The number of ketones is 1. The van der Waals surface area contributed by atoms with Crippen molar-refractivity contribution in [2.75, 3.05) is 0 Å². The average molecular weight is 537 g/mol. The zero-order valence-electron chi connectivity index (χ0n) is 15.6. The third kappa shape index (κ3) is 7.30. The molecule has 2 aromatic carbocycles. The van der Waals surface area contributed by atoms with Gasteiger partial charge in [-0.05, 0) is 38.1 Å². The molecule has 0 bridgehead atoms. The molecule has 3 nitrogen and oxygen atoms in total. The van der Waals surface area contributed by atoms with Crippen LogP contribution in [0.1, 0.15) is 19.4 Å². The molecule has 0 fully saturated rings. The third-order valence-corrected chi connectivity index (χ3v) is 3.59. The van der Waals surface area contributed by atoms with Gasteiger partial charge in [0.25, 0.3) is 0 Å². The molecule has 3 rings (SSSR count). The molecule has 0 aliphatic heterocycles. The van der Waals surface area contributed by atoms with Crippen LogP contribution in [0.3, 0.4) is 0 Å². The first-order valence-electron chi connectivity index (χ1n) is 8.34. The van der Waals surface area contributed by atoms with E-state index in [1.165, 1.54) is 36.6 Å². The molecule has 141 valence electrons. The van der Waals surface area contributed by atoms with Crippen LogP contribution in [0.15, 0.2) is 78.7 Å². The fourth-order valence-electron chi connectivity index (χ4n) is 2.48. The van der Waals surface area contributed by atoms with Crippen molar-refractivity contribution in [3.05, 3.63) is 90.3 Å². The number of aryl methyl sites for hydroxylation is 1. The van der Waals surface area contributed by atoms with Crippen LogP contribution in [0.5, 0.6) is 0 Å². The number of aliphatic hydroxyl groups excluding tert-OH is 1. The first-order valence-corrected chi connectivity index (χ1v) is 8.34. The minimum atomic E-state index is -0.125. The van der Waals surface area contributed by atoms with Crippen molar-refractivity contribution in [2.45, 2.75) is 20.8 Å². The van der Waals surface area contributed by atoms with E-state index in [9.17, 15) is 4.79 Å². The number of rotatable bonds is 3. The molecule has 1 aromatic heterocycles. The van der Waals surface area contributed by atoms with Gasteiger partial charge in [-0.25, -0.2) is 0 Å². The molecule has 0 aliphatic rings. The van der Waals surface area contributed by atoms with Gasteiger partial charge in [-0.1, -0.05) is 42.0 Å². The molecule has 1 N–H and O–H groups in total. The number of nitrogens with zero attached hydrogens (tertiary/aromatic N) is 1. The summed E-state index contributed by atoms with van der Waals surface area (Å²) in [5.74, 6) is -0.0625. The zero-order chi connectivity index (χ0) is 18.9. The normalized spacial score (nSPS) is 10.3. The van der Waals surface area contributed by atoms with Crippen molar-refractivity contribution >= 4 is 5.78 Å². The number of allylic oxidation sites excluding steroid dienone is 2. The summed E-state index contributed by atoms with van der Waals surface area (Å²) < 4.78 is 0. The summed E-state index contributed by atoms with van der Waals surface area (Å²) in [6.07, 6.45) is 2.99. The van der Waals surface area contributed by atoms with Crippen LogP contribution >= 0.6 is 0 Å². The number of benzene rings is 2. The van der Waals surface area contributed by atoms with Crippen molar-refractivity contribution in [1.29, 1.82) is 0 Å². The maximum atomic E-state index is 10.0. The van der Waals surface area contributed by atoms with Gasteiger partial charge in [0.2, 0.25) is 0 Å². The monoisotopic (exact) mass is 537 g/mol. The smallest absolute Gasteiger partial charge is 0.155 e. The van der Waals surface area contributed by atoms with E-state index < -0.39 is 0 Å². The molecule has 0 amide bonds. The second-order valence-electron chi connectivity index (χ2n) is 5.92. The number of hydrogen-bond acceptors (Lipinski definition) is 3. The van der Waals surface area contributed by atoms with E-state index in [0.717, 1.165) is 11.3 Å². The molecule has 27 heavy (non-hydrogen) atoms. The average Bonchev–Trinajstić information content (AvgIpc) is 2.62. The summed E-state index contributed by atoms with van der Waals surface area (Å²) in [5.41, 5.74) is 5.62. The Labute approximate surface area is 174 Å². The minimum Gasteiger partial charge on any atom is -0.512 e. The van der Waals surface area contributed by atoms with E-state index in [4.69, 9.17) is 5.11 Å². The second kappa shape index (κ2) is 11.2. The maximum Gasteiger partial charge on any atom is 0.155 e. The van der Waals surface area contributed by atoms with E-state index in [2.05, 4.69) is 60.4 Å².